The highest BCUT2D eigenvalue weighted by Gasteiger charge is 2.34. The maximum Gasteiger partial charge on any atom is 0.251 e. The minimum absolute atomic E-state index is 0.0548. The van der Waals surface area contributed by atoms with Crippen LogP contribution in [0.1, 0.15) is 99.8 Å². The topological polar surface area (TPSA) is 81.8 Å². The highest BCUT2D eigenvalue weighted by atomic mass is 16.2. The lowest BCUT2D eigenvalue weighted by Crippen LogP contribution is -2.58. The molecule has 0 saturated carbocycles. The third-order valence-corrected chi connectivity index (χ3v) is 8.30. The third kappa shape index (κ3) is 9.76. The summed E-state index contributed by atoms with van der Waals surface area (Å²) in [4.78, 5) is 43.6. The van der Waals surface area contributed by atoms with Crippen molar-refractivity contribution in [1.82, 2.24) is 20.4 Å². The van der Waals surface area contributed by atoms with Gasteiger partial charge in [0.1, 0.15) is 6.04 Å². The van der Waals surface area contributed by atoms with Gasteiger partial charge >= 0.3 is 0 Å². The van der Waals surface area contributed by atoms with Gasteiger partial charge in [-0.05, 0) is 83.4 Å². The predicted molar refractivity (Wildman–Crippen MR) is 164 cm³/mol. The van der Waals surface area contributed by atoms with Crippen LogP contribution >= 0.6 is 0 Å². The number of hydrogen-bond donors (Lipinski definition) is 2. The number of allylic oxidation sites excluding steroid dienone is 5. The Bertz CT molecular complexity index is 1010. The maximum atomic E-state index is 13.4. The number of amides is 3. The molecule has 2 aliphatic rings. The number of carbonyl (C=O) groups excluding carboxylic acids is 3. The van der Waals surface area contributed by atoms with E-state index in [2.05, 4.69) is 55.4 Å². The lowest BCUT2D eigenvalue weighted by atomic mass is 9.96. The van der Waals surface area contributed by atoms with Gasteiger partial charge in [0.15, 0.2) is 0 Å². The monoisotopic (exact) mass is 554 g/mol. The van der Waals surface area contributed by atoms with Gasteiger partial charge in [-0.25, -0.2) is 0 Å². The van der Waals surface area contributed by atoms with Crippen LogP contribution in [-0.2, 0) is 14.4 Å². The summed E-state index contributed by atoms with van der Waals surface area (Å²) in [6, 6.07) is -0.472. The number of rotatable bonds is 13. The van der Waals surface area contributed by atoms with E-state index in [-0.39, 0.29) is 36.2 Å². The third-order valence-electron chi connectivity index (χ3n) is 8.30. The van der Waals surface area contributed by atoms with E-state index in [0.29, 0.717) is 11.6 Å². The molecule has 3 atom stereocenters. The molecule has 1 saturated heterocycles. The summed E-state index contributed by atoms with van der Waals surface area (Å²) in [5.41, 5.74) is 3.90. The Balaban J connectivity index is 2.02. The molecular formula is C33H54N4O3. The number of likely N-dealkylation sites (tertiary alicyclic amines) is 1. The van der Waals surface area contributed by atoms with E-state index in [0.717, 1.165) is 63.6 Å². The molecule has 0 bridgehead atoms. The van der Waals surface area contributed by atoms with Crippen molar-refractivity contribution in [2.24, 2.45) is 5.92 Å². The van der Waals surface area contributed by atoms with Crippen LogP contribution in [-0.4, -0.2) is 65.8 Å². The van der Waals surface area contributed by atoms with Crippen LogP contribution in [0.3, 0.4) is 0 Å². The maximum absolute atomic E-state index is 13.4. The molecule has 7 nitrogen and oxygen atoms in total. The smallest absolute Gasteiger partial charge is 0.251 e. The molecule has 0 aromatic rings. The van der Waals surface area contributed by atoms with Crippen molar-refractivity contribution in [1.29, 1.82) is 0 Å². The van der Waals surface area contributed by atoms with E-state index in [1.165, 1.54) is 11.1 Å². The van der Waals surface area contributed by atoms with E-state index in [1.807, 2.05) is 19.9 Å². The molecule has 1 aliphatic carbocycles. The summed E-state index contributed by atoms with van der Waals surface area (Å²) in [5, 5.41) is 6.12. The first-order valence-corrected chi connectivity index (χ1v) is 15.4. The van der Waals surface area contributed by atoms with E-state index in [9.17, 15) is 14.4 Å². The molecule has 0 spiro atoms. The molecule has 7 heteroatoms. The Morgan fingerprint density at radius 2 is 1.88 bits per heavy atom. The fourth-order valence-corrected chi connectivity index (χ4v) is 5.26. The summed E-state index contributed by atoms with van der Waals surface area (Å²) in [5.74, 6) is -0.427. The molecule has 40 heavy (non-hydrogen) atoms. The minimum Gasteiger partial charge on any atom is -0.343 e. The second kappa shape index (κ2) is 16.6. The van der Waals surface area contributed by atoms with Gasteiger partial charge in [-0.3, -0.25) is 19.3 Å². The normalized spacial score (nSPS) is 20.1. The van der Waals surface area contributed by atoms with Gasteiger partial charge in [0.25, 0.3) is 5.91 Å². The zero-order chi connectivity index (χ0) is 29.8. The fourth-order valence-electron chi connectivity index (χ4n) is 5.26. The summed E-state index contributed by atoms with van der Waals surface area (Å²) in [6.07, 6.45) is 16.1. The van der Waals surface area contributed by atoms with Crippen molar-refractivity contribution in [3.63, 3.8) is 0 Å². The summed E-state index contributed by atoms with van der Waals surface area (Å²) < 4.78 is 0. The molecule has 2 rings (SSSR count). The van der Waals surface area contributed by atoms with Gasteiger partial charge in [0.2, 0.25) is 11.8 Å². The molecule has 1 fully saturated rings. The molecule has 1 heterocycles. The highest BCUT2D eigenvalue weighted by molar-refractivity contribution is 5.94. The Kier molecular flexibility index (Phi) is 13.9. The lowest BCUT2D eigenvalue weighted by molar-refractivity contribution is -0.138. The van der Waals surface area contributed by atoms with Crippen LogP contribution < -0.4 is 10.6 Å². The van der Waals surface area contributed by atoms with Crippen LogP contribution in [0.4, 0.5) is 0 Å². The minimum atomic E-state index is -0.612. The van der Waals surface area contributed by atoms with Crippen LogP contribution in [0, 0.1) is 5.92 Å². The quantitative estimate of drug-likeness (QED) is 0.288. The van der Waals surface area contributed by atoms with Crippen LogP contribution in [0.5, 0.6) is 0 Å². The zero-order valence-electron chi connectivity index (χ0n) is 26.3. The van der Waals surface area contributed by atoms with Gasteiger partial charge in [-0.15, -0.1) is 0 Å². The number of unbranched alkanes of at least 4 members (excludes halogenated alkanes) is 1. The number of nitrogens with zero attached hydrogens (tertiary/aromatic N) is 2. The molecule has 0 aromatic heterocycles. The second-order valence-electron chi connectivity index (χ2n) is 11.9. The average Bonchev–Trinajstić information content (AvgIpc) is 3.12. The van der Waals surface area contributed by atoms with Crippen LogP contribution in [0.25, 0.3) is 0 Å². The van der Waals surface area contributed by atoms with Crippen molar-refractivity contribution in [2.45, 2.75) is 118 Å². The van der Waals surface area contributed by atoms with E-state index >= 15 is 0 Å². The molecule has 0 aromatic carbocycles. The number of hydrogen-bond acceptors (Lipinski definition) is 4. The van der Waals surface area contributed by atoms with E-state index in [1.54, 1.807) is 24.9 Å². The molecule has 3 unspecified atom stereocenters. The van der Waals surface area contributed by atoms with E-state index < -0.39 is 6.04 Å². The van der Waals surface area contributed by atoms with Crippen molar-refractivity contribution < 1.29 is 14.4 Å². The SMILES string of the molecule is CCCCC1=CC(NC(=O)/C(C)=C/CN(C)C(=O)C(NC(=O)C2CCCCN2C(C)CC)C(C)C)=CCC=C1C. The van der Waals surface area contributed by atoms with Gasteiger partial charge in [0.05, 0.1) is 6.04 Å². The molecule has 2 N–H and O–H groups in total. The van der Waals surface area contributed by atoms with Gasteiger partial charge in [-0.2, -0.15) is 0 Å². The van der Waals surface area contributed by atoms with Crippen molar-refractivity contribution in [3.8, 4) is 0 Å². The van der Waals surface area contributed by atoms with Crippen molar-refractivity contribution >= 4 is 17.7 Å². The number of carbonyl (C=O) groups is 3. The Morgan fingerprint density at radius 1 is 1.15 bits per heavy atom. The number of likely N-dealkylation sites (N-methyl/N-ethyl adjacent to an activating group) is 1. The molecule has 224 valence electrons. The number of nitrogens with one attached hydrogen (secondary N) is 2. The summed E-state index contributed by atoms with van der Waals surface area (Å²) >= 11 is 0. The van der Waals surface area contributed by atoms with Crippen LogP contribution in [0.15, 0.2) is 46.7 Å². The number of piperidine rings is 1. The fraction of sp³-hybridized carbons (Fsp3) is 0.667. The molecular weight excluding hydrogens is 500 g/mol. The Hall–Kier alpha value is -2.67. The van der Waals surface area contributed by atoms with Gasteiger partial charge in [0, 0.05) is 30.9 Å². The van der Waals surface area contributed by atoms with Gasteiger partial charge < -0.3 is 15.5 Å². The lowest BCUT2D eigenvalue weighted by Gasteiger charge is -2.39. The summed E-state index contributed by atoms with van der Waals surface area (Å²) in [7, 11) is 1.72. The molecule has 3 amide bonds. The molecule has 1 aliphatic heterocycles. The van der Waals surface area contributed by atoms with Gasteiger partial charge in [-0.1, -0.05) is 64.3 Å². The largest absolute Gasteiger partial charge is 0.343 e. The molecule has 0 radical (unpaired) electrons. The zero-order valence-corrected chi connectivity index (χ0v) is 26.3. The van der Waals surface area contributed by atoms with Crippen molar-refractivity contribution in [2.75, 3.05) is 20.1 Å². The second-order valence-corrected chi connectivity index (χ2v) is 11.9. The van der Waals surface area contributed by atoms with Crippen molar-refractivity contribution in [3.05, 3.63) is 46.7 Å². The first-order valence-electron chi connectivity index (χ1n) is 15.4. The highest BCUT2D eigenvalue weighted by Crippen LogP contribution is 2.23. The predicted octanol–water partition coefficient (Wildman–Crippen LogP) is 5.65. The summed E-state index contributed by atoms with van der Waals surface area (Å²) in [6.45, 7) is 15.5. The average molecular weight is 555 g/mol. The first kappa shape index (κ1) is 33.5. The van der Waals surface area contributed by atoms with E-state index in [4.69, 9.17) is 0 Å². The van der Waals surface area contributed by atoms with Crippen LogP contribution in [0.2, 0.25) is 0 Å². The first-order chi connectivity index (χ1) is 19.0. The Labute approximate surface area is 243 Å². The standard InChI is InChI=1S/C33H54N4O3/c1-9-11-16-27-22-28(17-14-15-24(27)5)34-31(38)25(6)19-21-36(8)33(40)30(23(3)4)35-32(39)29-18-12-13-20-37(29)26(7)10-2/h15,17,19,22-23,26,29-30H,9-14,16,18,20-21H2,1-8H3,(H,34,38)(H,35,39)/b25-19+. The Morgan fingerprint density at radius 3 is 2.52 bits per heavy atom.